The average molecular weight is 425 g/mol. The van der Waals surface area contributed by atoms with Gasteiger partial charge in [-0.1, -0.05) is 53.7 Å². The van der Waals surface area contributed by atoms with Crippen LogP contribution in [0.2, 0.25) is 0 Å². The molecule has 0 unspecified atom stereocenters. The van der Waals surface area contributed by atoms with Gasteiger partial charge in [0, 0.05) is 5.92 Å². The van der Waals surface area contributed by atoms with E-state index < -0.39 is 6.36 Å². The van der Waals surface area contributed by atoms with Crippen LogP contribution in [0.1, 0.15) is 29.5 Å². The number of oxime groups is 1. The summed E-state index contributed by atoms with van der Waals surface area (Å²) in [5.41, 5.74) is 5.96. The summed E-state index contributed by atoms with van der Waals surface area (Å²) >= 11 is 0. The molecule has 1 aliphatic rings. The van der Waals surface area contributed by atoms with Crippen LogP contribution in [0.3, 0.4) is 0 Å². The van der Waals surface area contributed by atoms with Gasteiger partial charge in [-0.2, -0.15) is 0 Å². The van der Waals surface area contributed by atoms with Crippen molar-refractivity contribution < 1.29 is 22.7 Å². The van der Waals surface area contributed by atoms with Crippen molar-refractivity contribution in [1.82, 2.24) is 0 Å². The van der Waals surface area contributed by atoms with Gasteiger partial charge in [0.15, 0.2) is 0 Å². The van der Waals surface area contributed by atoms with Gasteiger partial charge in [0.1, 0.15) is 12.4 Å². The topological polar surface area (TPSA) is 30.8 Å². The molecule has 0 atom stereocenters. The maximum Gasteiger partial charge on any atom is 0.573 e. The zero-order valence-electron chi connectivity index (χ0n) is 17.0. The summed E-state index contributed by atoms with van der Waals surface area (Å²) in [5, 5.41) is 4.35. The molecule has 1 aliphatic carbocycles. The number of ether oxygens (including phenoxy) is 1. The molecular formula is C25H22F3NO2. The monoisotopic (exact) mass is 425 g/mol. The van der Waals surface area contributed by atoms with Crippen molar-refractivity contribution in [2.24, 2.45) is 11.1 Å². The Morgan fingerprint density at radius 1 is 0.935 bits per heavy atom. The van der Waals surface area contributed by atoms with E-state index in [-0.39, 0.29) is 11.7 Å². The lowest BCUT2D eigenvalue weighted by molar-refractivity contribution is -0.274. The molecule has 3 aromatic rings. The first kappa shape index (κ1) is 21.0. The van der Waals surface area contributed by atoms with Gasteiger partial charge in [-0.3, -0.25) is 0 Å². The SMILES string of the molecule is Cc1c(CO/N=C(/c2ccc(OC(F)(F)F)cc2)C2CC2)cccc1-c1ccccc1. The first-order chi connectivity index (χ1) is 14.9. The zero-order chi connectivity index (χ0) is 21.8. The molecule has 0 aromatic heterocycles. The molecule has 160 valence electrons. The van der Waals surface area contributed by atoms with Crippen LogP contribution in [0.15, 0.2) is 78.0 Å². The van der Waals surface area contributed by atoms with Gasteiger partial charge in [0.05, 0.1) is 5.71 Å². The maximum atomic E-state index is 12.4. The van der Waals surface area contributed by atoms with E-state index in [4.69, 9.17) is 4.84 Å². The molecule has 4 rings (SSSR count). The molecule has 0 spiro atoms. The lowest BCUT2D eigenvalue weighted by Gasteiger charge is -2.12. The van der Waals surface area contributed by atoms with Gasteiger partial charge in [0.25, 0.3) is 0 Å². The van der Waals surface area contributed by atoms with Crippen LogP contribution >= 0.6 is 0 Å². The summed E-state index contributed by atoms with van der Waals surface area (Å²) in [4.78, 5) is 5.70. The predicted octanol–water partition coefficient (Wildman–Crippen LogP) is 6.89. The van der Waals surface area contributed by atoms with Crippen molar-refractivity contribution in [3.05, 3.63) is 89.5 Å². The molecule has 0 radical (unpaired) electrons. The van der Waals surface area contributed by atoms with E-state index in [1.54, 1.807) is 12.1 Å². The molecule has 3 nitrogen and oxygen atoms in total. The first-order valence-corrected chi connectivity index (χ1v) is 10.1. The first-order valence-electron chi connectivity index (χ1n) is 10.1. The summed E-state index contributed by atoms with van der Waals surface area (Å²) in [6.07, 6.45) is -2.72. The standard InChI is InChI=1S/C25H22F3NO2/c1-17-21(8-5-9-23(17)18-6-3-2-4-7-18)16-30-29-24(19-10-11-19)20-12-14-22(15-13-20)31-25(26,27)28/h2-9,12-15,19H,10-11,16H2,1H3/b29-24+. The molecule has 0 amide bonds. The largest absolute Gasteiger partial charge is 0.573 e. The van der Waals surface area contributed by atoms with Crippen molar-refractivity contribution in [2.75, 3.05) is 0 Å². The highest BCUT2D eigenvalue weighted by Gasteiger charge is 2.32. The minimum atomic E-state index is -4.70. The van der Waals surface area contributed by atoms with Crippen molar-refractivity contribution in [3.8, 4) is 16.9 Å². The van der Waals surface area contributed by atoms with Crippen molar-refractivity contribution in [1.29, 1.82) is 0 Å². The summed E-state index contributed by atoms with van der Waals surface area (Å²) in [6.45, 7) is 2.38. The van der Waals surface area contributed by atoms with Gasteiger partial charge < -0.3 is 9.57 Å². The molecule has 31 heavy (non-hydrogen) atoms. The summed E-state index contributed by atoms with van der Waals surface area (Å²) in [5.74, 6) is 0.0202. The minimum Gasteiger partial charge on any atom is -0.406 e. The van der Waals surface area contributed by atoms with Gasteiger partial charge in [0.2, 0.25) is 0 Å². The van der Waals surface area contributed by atoms with Crippen LogP contribution in [0.5, 0.6) is 5.75 Å². The molecule has 1 saturated carbocycles. The fraction of sp³-hybridized carbons (Fsp3) is 0.240. The number of benzene rings is 3. The Morgan fingerprint density at radius 3 is 2.29 bits per heavy atom. The molecule has 0 bridgehead atoms. The third kappa shape index (κ3) is 5.45. The van der Waals surface area contributed by atoms with E-state index in [1.807, 2.05) is 30.3 Å². The van der Waals surface area contributed by atoms with Crippen LogP contribution in [-0.4, -0.2) is 12.1 Å². The predicted molar refractivity (Wildman–Crippen MR) is 114 cm³/mol. The highest BCUT2D eigenvalue weighted by molar-refractivity contribution is 6.03. The fourth-order valence-corrected chi connectivity index (χ4v) is 3.49. The van der Waals surface area contributed by atoms with Crippen LogP contribution in [0.25, 0.3) is 11.1 Å². The van der Waals surface area contributed by atoms with Crippen molar-refractivity contribution in [3.63, 3.8) is 0 Å². The molecule has 0 aliphatic heterocycles. The lowest BCUT2D eigenvalue weighted by Crippen LogP contribution is -2.17. The summed E-state index contributed by atoms with van der Waals surface area (Å²) in [6, 6.07) is 22.0. The summed E-state index contributed by atoms with van der Waals surface area (Å²) < 4.78 is 41.1. The molecule has 0 N–H and O–H groups in total. The number of halogens is 3. The van der Waals surface area contributed by atoms with Crippen LogP contribution < -0.4 is 4.74 Å². The smallest absolute Gasteiger partial charge is 0.406 e. The zero-order valence-corrected chi connectivity index (χ0v) is 17.0. The lowest BCUT2D eigenvalue weighted by atomic mass is 9.97. The third-order valence-electron chi connectivity index (χ3n) is 5.26. The van der Waals surface area contributed by atoms with E-state index in [1.165, 1.54) is 12.1 Å². The summed E-state index contributed by atoms with van der Waals surface area (Å²) in [7, 11) is 0. The van der Waals surface area contributed by atoms with E-state index in [0.717, 1.165) is 46.4 Å². The normalized spacial score (nSPS) is 14.4. The second-order valence-corrected chi connectivity index (χ2v) is 7.55. The van der Waals surface area contributed by atoms with Gasteiger partial charge in [-0.25, -0.2) is 0 Å². The minimum absolute atomic E-state index is 0.249. The van der Waals surface area contributed by atoms with Crippen LogP contribution in [0.4, 0.5) is 13.2 Å². The molecule has 1 fully saturated rings. The Hall–Kier alpha value is -3.28. The Morgan fingerprint density at radius 2 is 1.65 bits per heavy atom. The number of nitrogens with zero attached hydrogens (tertiary/aromatic N) is 1. The molecular weight excluding hydrogens is 403 g/mol. The van der Waals surface area contributed by atoms with E-state index >= 15 is 0 Å². The Bertz CT molecular complexity index is 1060. The fourth-order valence-electron chi connectivity index (χ4n) is 3.49. The van der Waals surface area contributed by atoms with Crippen molar-refractivity contribution >= 4 is 5.71 Å². The van der Waals surface area contributed by atoms with Gasteiger partial charge >= 0.3 is 6.36 Å². The number of rotatable bonds is 7. The van der Waals surface area contributed by atoms with E-state index in [0.29, 0.717) is 6.61 Å². The molecule has 0 heterocycles. The Labute approximate surface area is 179 Å². The maximum absolute atomic E-state index is 12.4. The van der Waals surface area contributed by atoms with Gasteiger partial charge in [-0.15, -0.1) is 13.2 Å². The van der Waals surface area contributed by atoms with Crippen LogP contribution in [0, 0.1) is 12.8 Å². The highest BCUT2D eigenvalue weighted by Crippen LogP contribution is 2.34. The molecule has 6 heteroatoms. The molecule has 0 saturated heterocycles. The van der Waals surface area contributed by atoms with Crippen LogP contribution in [-0.2, 0) is 11.4 Å². The van der Waals surface area contributed by atoms with E-state index in [2.05, 4.69) is 35.0 Å². The van der Waals surface area contributed by atoms with Gasteiger partial charge in [-0.05, 0) is 71.8 Å². The van der Waals surface area contributed by atoms with Crippen molar-refractivity contribution in [2.45, 2.75) is 32.7 Å². The van der Waals surface area contributed by atoms with E-state index in [9.17, 15) is 13.2 Å². The number of alkyl halides is 3. The second kappa shape index (κ2) is 8.84. The highest BCUT2D eigenvalue weighted by atomic mass is 19.4. The third-order valence-corrected chi connectivity index (χ3v) is 5.26. The Kier molecular flexibility index (Phi) is 5.98. The number of hydrogen-bond acceptors (Lipinski definition) is 3. The average Bonchev–Trinajstić information content (AvgIpc) is 3.58. The Balaban J connectivity index is 1.48. The number of hydrogen-bond donors (Lipinski definition) is 0. The molecule has 3 aromatic carbocycles. The quantitative estimate of drug-likeness (QED) is 0.305. The second-order valence-electron chi connectivity index (χ2n) is 7.55.